The Bertz CT molecular complexity index is 836. The second-order valence-corrected chi connectivity index (χ2v) is 8.01. The Kier molecular flexibility index (Phi) is 6.95. The summed E-state index contributed by atoms with van der Waals surface area (Å²) in [6, 6.07) is 5.02. The van der Waals surface area contributed by atoms with E-state index in [1.165, 1.54) is 6.07 Å². The van der Waals surface area contributed by atoms with Crippen LogP contribution in [-0.4, -0.2) is 44.7 Å². The average molecular weight is 394 g/mol. The molecule has 148 valence electrons. The molecule has 2 amide bonds. The molecule has 9 heteroatoms. The van der Waals surface area contributed by atoms with Gasteiger partial charge in [0.25, 0.3) is 10.0 Å². The molecular formula is C18H26N4O4S. The van der Waals surface area contributed by atoms with Crippen molar-refractivity contribution in [3.05, 3.63) is 29.8 Å². The number of sulfonamides is 1. The molecule has 3 N–H and O–H groups in total. The fraction of sp³-hybridized carbons (Fsp3) is 0.500. The summed E-state index contributed by atoms with van der Waals surface area (Å²) in [5.74, 6) is -0.523. The molecule has 0 radical (unpaired) electrons. The number of nitrogens with one attached hydrogen (secondary N) is 3. The molecule has 1 heterocycles. The van der Waals surface area contributed by atoms with Gasteiger partial charge in [0.1, 0.15) is 17.9 Å². The van der Waals surface area contributed by atoms with Crippen LogP contribution in [-0.2, 0) is 19.6 Å². The van der Waals surface area contributed by atoms with Gasteiger partial charge in [0, 0.05) is 12.1 Å². The van der Waals surface area contributed by atoms with Crippen LogP contribution in [0, 0.1) is 0 Å². The van der Waals surface area contributed by atoms with Gasteiger partial charge in [0.15, 0.2) is 0 Å². The van der Waals surface area contributed by atoms with E-state index < -0.39 is 28.0 Å². The van der Waals surface area contributed by atoms with E-state index >= 15 is 0 Å². The van der Waals surface area contributed by atoms with Gasteiger partial charge >= 0.3 is 0 Å². The zero-order chi connectivity index (χ0) is 20.0. The van der Waals surface area contributed by atoms with Gasteiger partial charge in [-0.05, 0) is 32.4 Å². The third-order valence-electron chi connectivity index (χ3n) is 4.18. The first kappa shape index (κ1) is 20.9. The number of benzene rings is 1. The Morgan fingerprint density at radius 3 is 2.56 bits per heavy atom. The van der Waals surface area contributed by atoms with Crippen LogP contribution in [0.1, 0.15) is 45.6 Å². The third-order valence-corrected chi connectivity index (χ3v) is 5.58. The Morgan fingerprint density at radius 1 is 1.19 bits per heavy atom. The molecule has 1 aromatic carbocycles. The summed E-state index contributed by atoms with van der Waals surface area (Å²) in [6.45, 7) is 5.86. The molecule has 2 unspecified atom stereocenters. The number of hydrogen-bond acceptors (Lipinski definition) is 5. The number of fused-ring (bicyclic) bond motifs is 1. The van der Waals surface area contributed by atoms with Crippen molar-refractivity contribution in [3.63, 3.8) is 0 Å². The lowest BCUT2D eigenvalue weighted by atomic mass is 10.1. The van der Waals surface area contributed by atoms with Gasteiger partial charge in [-0.2, -0.15) is 0 Å². The SMILES string of the molecule is CCCCC(N=C1NS(=O)(=O)c2ccccc21)C(=O)NC(C)C(=O)NCC. The van der Waals surface area contributed by atoms with Crippen molar-refractivity contribution in [2.24, 2.45) is 4.99 Å². The fourth-order valence-corrected chi connectivity index (χ4v) is 3.98. The van der Waals surface area contributed by atoms with E-state index in [4.69, 9.17) is 0 Å². The molecule has 1 aliphatic rings. The van der Waals surface area contributed by atoms with Gasteiger partial charge in [-0.25, -0.2) is 8.42 Å². The highest BCUT2D eigenvalue weighted by molar-refractivity contribution is 7.90. The molecule has 1 aromatic rings. The van der Waals surface area contributed by atoms with E-state index in [9.17, 15) is 18.0 Å². The molecule has 0 saturated carbocycles. The molecule has 0 bridgehead atoms. The Morgan fingerprint density at radius 2 is 1.89 bits per heavy atom. The zero-order valence-corrected chi connectivity index (χ0v) is 16.6. The van der Waals surface area contributed by atoms with E-state index in [0.717, 1.165) is 12.8 Å². The van der Waals surface area contributed by atoms with E-state index in [1.807, 2.05) is 6.92 Å². The van der Waals surface area contributed by atoms with Crippen molar-refractivity contribution in [1.82, 2.24) is 15.4 Å². The first-order chi connectivity index (χ1) is 12.8. The summed E-state index contributed by atoms with van der Waals surface area (Å²) in [6.07, 6.45) is 2.07. The Balaban J connectivity index is 2.26. The lowest BCUT2D eigenvalue weighted by molar-refractivity contribution is -0.129. The Hall–Kier alpha value is -2.42. The van der Waals surface area contributed by atoms with Gasteiger partial charge in [0.2, 0.25) is 11.8 Å². The number of rotatable bonds is 8. The number of amidine groups is 1. The maximum absolute atomic E-state index is 12.7. The van der Waals surface area contributed by atoms with Crippen LogP contribution in [0.25, 0.3) is 0 Å². The molecule has 0 spiro atoms. The van der Waals surface area contributed by atoms with E-state index in [0.29, 0.717) is 18.5 Å². The topological polar surface area (TPSA) is 117 Å². The smallest absolute Gasteiger partial charge is 0.263 e. The van der Waals surface area contributed by atoms with Gasteiger partial charge in [0.05, 0.1) is 4.90 Å². The number of aliphatic imine (C=N–C) groups is 1. The highest BCUT2D eigenvalue weighted by Crippen LogP contribution is 2.23. The predicted octanol–water partition coefficient (Wildman–Crippen LogP) is 0.925. The van der Waals surface area contributed by atoms with Crippen LogP contribution in [0.4, 0.5) is 0 Å². The summed E-state index contributed by atoms with van der Waals surface area (Å²) in [5.41, 5.74) is 0.448. The van der Waals surface area contributed by atoms with Crippen molar-refractivity contribution in [1.29, 1.82) is 0 Å². The van der Waals surface area contributed by atoms with Crippen molar-refractivity contribution in [2.75, 3.05) is 6.54 Å². The number of amides is 2. The summed E-state index contributed by atoms with van der Waals surface area (Å²) in [4.78, 5) is 29.0. The maximum atomic E-state index is 12.7. The highest BCUT2D eigenvalue weighted by atomic mass is 32.2. The van der Waals surface area contributed by atoms with Crippen LogP contribution in [0.5, 0.6) is 0 Å². The van der Waals surface area contributed by atoms with Crippen molar-refractivity contribution in [3.8, 4) is 0 Å². The minimum atomic E-state index is -3.67. The number of carbonyl (C=O) groups excluding carboxylic acids is 2. The largest absolute Gasteiger partial charge is 0.355 e. The summed E-state index contributed by atoms with van der Waals surface area (Å²) >= 11 is 0. The van der Waals surface area contributed by atoms with Crippen LogP contribution in [0.3, 0.4) is 0 Å². The molecule has 0 saturated heterocycles. The lowest BCUT2D eigenvalue weighted by Crippen LogP contribution is -2.48. The predicted molar refractivity (Wildman–Crippen MR) is 103 cm³/mol. The molecule has 2 rings (SSSR count). The summed E-state index contributed by atoms with van der Waals surface area (Å²) < 4.78 is 26.9. The van der Waals surface area contributed by atoms with Gasteiger partial charge in [-0.15, -0.1) is 0 Å². The number of likely N-dealkylation sites (N-methyl/N-ethyl adjacent to an activating group) is 1. The summed E-state index contributed by atoms with van der Waals surface area (Å²) in [7, 11) is -3.67. The Labute approximate surface area is 159 Å². The maximum Gasteiger partial charge on any atom is 0.263 e. The lowest BCUT2D eigenvalue weighted by Gasteiger charge is -2.18. The number of nitrogens with zero attached hydrogens (tertiary/aromatic N) is 1. The normalized spacial score (nSPS) is 18.3. The van der Waals surface area contributed by atoms with E-state index in [-0.39, 0.29) is 16.6 Å². The molecule has 0 aromatic heterocycles. The van der Waals surface area contributed by atoms with Crippen LogP contribution < -0.4 is 15.4 Å². The first-order valence-corrected chi connectivity index (χ1v) is 10.6. The second-order valence-electron chi connectivity index (χ2n) is 6.36. The molecule has 1 aliphatic heterocycles. The highest BCUT2D eigenvalue weighted by Gasteiger charge is 2.32. The van der Waals surface area contributed by atoms with Gasteiger partial charge in [-0.1, -0.05) is 31.9 Å². The van der Waals surface area contributed by atoms with Crippen molar-refractivity contribution < 1.29 is 18.0 Å². The average Bonchev–Trinajstić information content (AvgIpc) is 2.89. The molecule has 0 aliphatic carbocycles. The number of carbonyl (C=O) groups is 2. The molecular weight excluding hydrogens is 368 g/mol. The van der Waals surface area contributed by atoms with Crippen LogP contribution >= 0.6 is 0 Å². The zero-order valence-electron chi connectivity index (χ0n) is 15.8. The van der Waals surface area contributed by atoms with Crippen LogP contribution in [0.2, 0.25) is 0 Å². The summed E-state index contributed by atoms with van der Waals surface area (Å²) in [5, 5.41) is 5.31. The van der Waals surface area contributed by atoms with Crippen molar-refractivity contribution in [2.45, 2.75) is 57.0 Å². The molecule has 2 atom stereocenters. The van der Waals surface area contributed by atoms with Crippen molar-refractivity contribution >= 4 is 27.7 Å². The molecule has 8 nitrogen and oxygen atoms in total. The fourth-order valence-electron chi connectivity index (χ4n) is 2.74. The first-order valence-electron chi connectivity index (χ1n) is 9.08. The standard InChI is InChI=1S/C18H26N4O4S/c1-4-6-10-14(18(24)20-12(3)17(23)19-5-2)21-16-13-9-7-8-11-15(13)27(25,26)22-16/h7-9,11-12,14H,4-6,10H2,1-3H3,(H,19,23)(H,20,24)(H,21,22). The monoisotopic (exact) mass is 394 g/mol. The van der Waals surface area contributed by atoms with E-state index in [2.05, 4.69) is 20.3 Å². The molecule has 27 heavy (non-hydrogen) atoms. The number of hydrogen-bond donors (Lipinski definition) is 3. The van der Waals surface area contributed by atoms with Crippen LogP contribution in [0.15, 0.2) is 34.2 Å². The van der Waals surface area contributed by atoms with E-state index in [1.54, 1.807) is 32.0 Å². The second kappa shape index (κ2) is 8.98. The van der Waals surface area contributed by atoms with Gasteiger partial charge in [-0.3, -0.25) is 19.3 Å². The van der Waals surface area contributed by atoms with Gasteiger partial charge < -0.3 is 10.6 Å². The number of unbranched alkanes of at least 4 members (excludes halogenated alkanes) is 1. The third kappa shape index (κ3) is 5.06. The minimum Gasteiger partial charge on any atom is -0.355 e. The quantitative estimate of drug-likeness (QED) is 0.608. The molecule has 0 fully saturated rings. The minimum absolute atomic E-state index is 0.147.